The van der Waals surface area contributed by atoms with Crippen molar-refractivity contribution in [2.24, 2.45) is 0 Å². The fourth-order valence-electron chi connectivity index (χ4n) is 1.45. The van der Waals surface area contributed by atoms with Gasteiger partial charge in [0, 0.05) is 5.69 Å². The molecular formula is C12H15F3N2. The maximum Gasteiger partial charge on any atom is 0.417 e. The zero-order valence-electron chi connectivity index (χ0n) is 10.2. The molecule has 0 amide bonds. The summed E-state index contributed by atoms with van der Waals surface area (Å²) in [4.78, 5) is 0. The zero-order valence-corrected chi connectivity index (χ0v) is 10.2. The predicted molar refractivity (Wildman–Crippen MR) is 61.4 cm³/mol. The minimum atomic E-state index is -4.52. The van der Waals surface area contributed by atoms with E-state index >= 15 is 0 Å². The molecule has 0 atom stereocenters. The average Bonchev–Trinajstić information content (AvgIpc) is 2.24. The average molecular weight is 244 g/mol. The van der Waals surface area contributed by atoms with Gasteiger partial charge in [0.05, 0.1) is 11.1 Å². The Morgan fingerprint density at radius 1 is 1.24 bits per heavy atom. The highest BCUT2D eigenvalue weighted by Crippen LogP contribution is 2.37. The van der Waals surface area contributed by atoms with Crippen LogP contribution >= 0.6 is 0 Å². The van der Waals surface area contributed by atoms with Crippen LogP contribution in [0.2, 0.25) is 0 Å². The standard InChI is InChI=1S/C10H9F3N2.C2H6/c1-5-3-8(15)6(2)7(4-14)9(5)10(11,12)13;1-2/h3H,15H2,1-2H3;1-2H3. The Morgan fingerprint density at radius 2 is 1.71 bits per heavy atom. The van der Waals surface area contributed by atoms with Crippen LogP contribution < -0.4 is 5.73 Å². The van der Waals surface area contributed by atoms with Gasteiger partial charge in [0.25, 0.3) is 0 Å². The van der Waals surface area contributed by atoms with Crippen molar-refractivity contribution in [3.63, 3.8) is 0 Å². The molecule has 0 unspecified atom stereocenters. The van der Waals surface area contributed by atoms with Crippen LogP contribution in [0.25, 0.3) is 0 Å². The van der Waals surface area contributed by atoms with Gasteiger partial charge in [0.1, 0.15) is 6.07 Å². The van der Waals surface area contributed by atoms with E-state index in [0.29, 0.717) is 0 Å². The second-order valence-electron chi connectivity index (χ2n) is 3.27. The number of hydrogen-bond donors (Lipinski definition) is 1. The quantitative estimate of drug-likeness (QED) is 0.705. The Bertz CT molecular complexity index is 443. The highest BCUT2D eigenvalue weighted by atomic mass is 19.4. The third-order valence-corrected chi connectivity index (χ3v) is 2.22. The van der Waals surface area contributed by atoms with E-state index in [1.165, 1.54) is 19.9 Å². The topological polar surface area (TPSA) is 49.8 Å². The van der Waals surface area contributed by atoms with Crippen LogP contribution in [-0.2, 0) is 6.18 Å². The summed E-state index contributed by atoms with van der Waals surface area (Å²) in [5.41, 5.74) is 4.57. The molecule has 17 heavy (non-hydrogen) atoms. The predicted octanol–water partition coefficient (Wildman–Crippen LogP) is 3.80. The van der Waals surface area contributed by atoms with Crippen LogP contribution in [-0.4, -0.2) is 0 Å². The SMILES string of the molecule is CC.Cc1cc(N)c(C)c(C#N)c1C(F)(F)F. The Kier molecular flexibility index (Phi) is 5.02. The number of aryl methyl sites for hydroxylation is 1. The number of nitriles is 1. The van der Waals surface area contributed by atoms with Gasteiger partial charge in [0.2, 0.25) is 0 Å². The summed E-state index contributed by atoms with van der Waals surface area (Å²) in [6, 6.07) is 2.79. The molecule has 0 radical (unpaired) electrons. The van der Waals surface area contributed by atoms with Crippen molar-refractivity contribution >= 4 is 5.69 Å². The molecule has 0 spiro atoms. The maximum absolute atomic E-state index is 12.6. The Morgan fingerprint density at radius 3 is 2.06 bits per heavy atom. The maximum atomic E-state index is 12.6. The molecule has 0 aliphatic heterocycles. The minimum Gasteiger partial charge on any atom is -0.398 e. The molecule has 2 nitrogen and oxygen atoms in total. The lowest BCUT2D eigenvalue weighted by atomic mass is 9.96. The highest BCUT2D eigenvalue weighted by Gasteiger charge is 2.36. The first-order chi connectivity index (χ1) is 7.79. The van der Waals surface area contributed by atoms with E-state index in [9.17, 15) is 13.2 Å². The van der Waals surface area contributed by atoms with Crippen LogP contribution in [0, 0.1) is 25.2 Å². The molecule has 2 N–H and O–H groups in total. The second kappa shape index (κ2) is 5.58. The third-order valence-electron chi connectivity index (χ3n) is 2.22. The van der Waals surface area contributed by atoms with Crippen LogP contribution in [0.3, 0.4) is 0 Å². The largest absolute Gasteiger partial charge is 0.417 e. The molecule has 0 fully saturated rings. The fraction of sp³-hybridized carbons (Fsp3) is 0.417. The summed E-state index contributed by atoms with van der Waals surface area (Å²) in [6.45, 7) is 6.70. The lowest BCUT2D eigenvalue weighted by molar-refractivity contribution is -0.138. The molecule has 0 aromatic heterocycles. The Hall–Kier alpha value is -1.70. The van der Waals surface area contributed by atoms with Gasteiger partial charge in [-0.1, -0.05) is 13.8 Å². The summed E-state index contributed by atoms with van der Waals surface area (Å²) < 4.78 is 37.8. The number of nitrogens with two attached hydrogens (primary N) is 1. The highest BCUT2D eigenvalue weighted by molar-refractivity contribution is 5.61. The lowest BCUT2D eigenvalue weighted by Gasteiger charge is -2.15. The molecular weight excluding hydrogens is 229 g/mol. The molecule has 0 aliphatic carbocycles. The summed E-state index contributed by atoms with van der Waals surface area (Å²) in [7, 11) is 0. The van der Waals surface area contributed by atoms with Gasteiger partial charge >= 0.3 is 6.18 Å². The van der Waals surface area contributed by atoms with Crippen molar-refractivity contribution in [2.75, 3.05) is 5.73 Å². The lowest BCUT2D eigenvalue weighted by Crippen LogP contribution is -2.12. The van der Waals surface area contributed by atoms with Gasteiger partial charge in [-0.2, -0.15) is 18.4 Å². The van der Waals surface area contributed by atoms with E-state index in [2.05, 4.69) is 0 Å². The van der Waals surface area contributed by atoms with Gasteiger partial charge in [-0.3, -0.25) is 0 Å². The summed E-state index contributed by atoms with van der Waals surface area (Å²) in [6.07, 6.45) is -4.52. The monoisotopic (exact) mass is 244 g/mol. The summed E-state index contributed by atoms with van der Waals surface area (Å²) >= 11 is 0. The molecule has 1 aromatic rings. The molecule has 0 saturated carbocycles. The first-order valence-corrected chi connectivity index (χ1v) is 5.16. The number of anilines is 1. The van der Waals surface area contributed by atoms with Crippen LogP contribution in [0.1, 0.15) is 36.1 Å². The van der Waals surface area contributed by atoms with Gasteiger partial charge in [-0.05, 0) is 31.0 Å². The van der Waals surface area contributed by atoms with Gasteiger partial charge < -0.3 is 5.73 Å². The number of halogens is 3. The van der Waals surface area contributed by atoms with E-state index in [1.54, 1.807) is 6.07 Å². The van der Waals surface area contributed by atoms with Crippen LogP contribution in [0.4, 0.5) is 18.9 Å². The molecule has 1 rings (SSSR count). The molecule has 5 heteroatoms. The van der Waals surface area contributed by atoms with E-state index < -0.39 is 11.7 Å². The summed E-state index contributed by atoms with van der Waals surface area (Å²) in [5, 5.41) is 8.71. The first kappa shape index (κ1) is 15.3. The van der Waals surface area contributed by atoms with Crippen molar-refractivity contribution < 1.29 is 13.2 Å². The molecule has 94 valence electrons. The Labute approximate surface area is 98.9 Å². The van der Waals surface area contributed by atoms with Gasteiger partial charge in [0.15, 0.2) is 0 Å². The number of alkyl halides is 3. The van der Waals surface area contributed by atoms with Crippen molar-refractivity contribution in [3.8, 4) is 6.07 Å². The smallest absolute Gasteiger partial charge is 0.398 e. The number of benzene rings is 1. The van der Waals surface area contributed by atoms with Crippen molar-refractivity contribution in [3.05, 3.63) is 28.3 Å². The van der Waals surface area contributed by atoms with Crippen molar-refractivity contribution in [2.45, 2.75) is 33.9 Å². The molecule has 0 bridgehead atoms. The molecule has 0 heterocycles. The minimum absolute atomic E-state index is 0.0258. The van der Waals surface area contributed by atoms with Crippen LogP contribution in [0.5, 0.6) is 0 Å². The van der Waals surface area contributed by atoms with Gasteiger partial charge in [-0.25, -0.2) is 0 Å². The second-order valence-corrected chi connectivity index (χ2v) is 3.27. The Balaban J connectivity index is 0.00000121. The number of nitrogen functional groups attached to an aromatic ring is 1. The van der Waals surface area contributed by atoms with Crippen LogP contribution in [0.15, 0.2) is 6.07 Å². The zero-order chi connectivity index (χ0) is 13.8. The number of rotatable bonds is 0. The molecule has 0 aliphatic rings. The van der Waals surface area contributed by atoms with Crippen molar-refractivity contribution in [1.29, 1.82) is 5.26 Å². The third kappa shape index (κ3) is 3.13. The number of hydrogen-bond acceptors (Lipinski definition) is 2. The molecule has 0 saturated heterocycles. The fourth-order valence-corrected chi connectivity index (χ4v) is 1.45. The first-order valence-electron chi connectivity index (χ1n) is 5.16. The summed E-state index contributed by atoms with van der Waals surface area (Å²) in [5.74, 6) is 0. The van der Waals surface area contributed by atoms with Gasteiger partial charge in [-0.15, -0.1) is 0 Å². The van der Waals surface area contributed by atoms with E-state index in [0.717, 1.165) is 0 Å². The molecule has 1 aromatic carbocycles. The van der Waals surface area contributed by atoms with E-state index in [-0.39, 0.29) is 22.4 Å². The van der Waals surface area contributed by atoms with E-state index in [1.807, 2.05) is 13.8 Å². The van der Waals surface area contributed by atoms with Crippen molar-refractivity contribution in [1.82, 2.24) is 0 Å². The number of nitrogens with zero attached hydrogens (tertiary/aromatic N) is 1. The normalized spacial score (nSPS) is 10.2. The van der Waals surface area contributed by atoms with E-state index in [4.69, 9.17) is 11.0 Å².